The summed E-state index contributed by atoms with van der Waals surface area (Å²) >= 11 is 1.36. The first kappa shape index (κ1) is 12.4. The summed E-state index contributed by atoms with van der Waals surface area (Å²) in [4.78, 5) is 15.4. The number of hydrogen-bond acceptors (Lipinski definition) is 6. The molecule has 0 spiro atoms. The maximum Gasteiger partial charge on any atom is 0.393 e. The van der Waals surface area contributed by atoms with Crippen molar-refractivity contribution in [3.05, 3.63) is 21.7 Å². The lowest BCUT2D eigenvalue weighted by Crippen LogP contribution is -2.30. The van der Waals surface area contributed by atoms with E-state index in [-0.39, 0.29) is 11.7 Å². The van der Waals surface area contributed by atoms with Gasteiger partial charge in [-0.3, -0.25) is 0 Å². The molecular formula is C11H14N4O3S. The van der Waals surface area contributed by atoms with Gasteiger partial charge in [0.1, 0.15) is 6.20 Å². The van der Waals surface area contributed by atoms with Crippen molar-refractivity contribution < 1.29 is 9.66 Å². The van der Waals surface area contributed by atoms with Gasteiger partial charge in [0, 0.05) is 5.38 Å². The summed E-state index contributed by atoms with van der Waals surface area (Å²) in [7, 11) is 0. The number of ether oxygens (including phenoxy) is 1. The lowest BCUT2D eigenvalue weighted by molar-refractivity contribution is -0.391. The Balaban J connectivity index is 1.77. The Labute approximate surface area is 113 Å². The standard InChI is InChI=1S/C11H14N4O3S/c16-15(17)10-9(13-11-14(10)5-6-19-11)18-7-8-1-3-12-4-2-8/h5-6,8,12H,1-4,7H2. The zero-order valence-corrected chi connectivity index (χ0v) is 11.1. The lowest BCUT2D eigenvalue weighted by atomic mass is 9.99. The minimum absolute atomic E-state index is 0.0785. The summed E-state index contributed by atoms with van der Waals surface area (Å²) in [5, 5.41) is 16.2. The second kappa shape index (κ2) is 5.14. The van der Waals surface area contributed by atoms with Crippen LogP contribution < -0.4 is 10.1 Å². The van der Waals surface area contributed by atoms with Crippen LogP contribution in [0.1, 0.15) is 12.8 Å². The second-order valence-electron chi connectivity index (χ2n) is 4.56. The predicted molar refractivity (Wildman–Crippen MR) is 70.8 cm³/mol. The molecule has 8 heteroatoms. The Hall–Kier alpha value is -1.67. The van der Waals surface area contributed by atoms with Gasteiger partial charge < -0.3 is 20.2 Å². The number of piperidine rings is 1. The fourth-order valence-electron chi connectivity index (χ4n) is 2.26. The van der Waals surface area contributed by atoms with Gasteiger partial charge in [-0.25, -0.2) is 0 Å². The van der Waals surface area contributed by atoms with Crippen LogP contribution in [0.3, 0.4) is 0 Å². The second-order valence-corrected chi connectivity index (χ2v) is 5.43. The number of fused-ring (bicyclic) bond motifs is 1. The Morgan fingerprint density at radius 1 is 1.58 bits per heavy atom. The third kappa shape index (κ3) is 2.41. The SMILES string of the molecule is O=[N+]([O-])c1c(OCC2CCNCC2)nc2sccn12. The fourth-order valence-corrected chi connectivity index (χ4v) is 2.96. The van der Waals surface area contributed by atoms with E-state index in [2.05, 4.69) is 10.3 Å². The van der Waals surface area contributed by atoms with Crippen LogP contribution in [0.5, 0.6) is 5.88 Å². The number of aromatic nitrogens is 2. The zero-order chi connectivity index (χ0) is 13.2. The monoisotopic (exact) mass is 282 g/mol. The zero-order valence-electron chi connectivity index (χ0n) is 10.2. The van der Waals surface area contributed by atoms with Crippen LogP contribution in [0.25, 0.3) is 4.96 Å². The molecule has 1 fully saturated rings. The van der Waals surface area contributed by atoms with Crippen molar-refractivity contribution in [3.63, 3.8) is 0 Å². The number of rotatable bonds is 4. The van der Waals surface area contributed by atoms with Crippen LogP contribution in [0.2, 0.25) is 0 Å². The average Bonchev–Trinajstić information content (AvgIpc) is 2.96. The van der Waals surface area contributed by atoms with Gasteiger partial charge >= 0.3 is 11.7 Å². The molecule has 0 radical (unpaired) electrons. The van der Waals surface area contributed by atoms with Crippen LogP contribution in [0.15, 0.2) is 11.6 Å². The Bertz CT molecular complexity index is 588. The largest absolute Gasteiger partial charge is 0.471 e. The van der Waals surface area contributed by atoms with Crippen molar-refractivity contribution in [2.75, 3.05) is 19.7 Å². The summed E-state index contributed by atoms with van der Waals surface area (Å²) in [5.74, 6) is 0.501. The number of imidazole rings is 1. The number of hydrogen-bond donors (Lipinski definition) is 1. The molecule has 102 valence electrons. The molecular weight excluding hydrogens is 268 g/mol. The molecule has 1 aliphatic heterocycles. The Morgan fingerprint density at radius 3 is 3.11 bits per heavy atom. The molecule has 0 saturated carbocycles. The molecule has 0 bridgehead atoms. The highest BCUT2D eigenvalue weighted by Crippen LogP contribution is 2.30. The van der Waals surface area contributed by atoms with Crippen LogP contribution >= 0.6 is 11.3 Å². The van der Waals surface area contributed by atoms with Crippen molar-refractivity contribution in [3.8, 4) is 5.88 Å². The smallest absolute Gasteiger partial charge is 0.393 e. The number of thiazole rings is 1. The van der Waals surface area contributed by atoms with Crippen LogP contribution in [-0.2, 0) is 0 Å². The lowest BCUT2D eigenvalue weighted by Gasteiger charge is -2.21. The van der Waals surface area contributed by atoms with Gasteiger partial charge in [-0.2, -0.15) is 9.38 Å². The van der Waals surface area contributed by atoms with Gasteiger partial charge in [0.2, 0.25) is 0 Å². The molecule has 0 unspecified atom stereocenters. The van der Waals surface area contributed by atoms with E-state index in [1.807, 2.05) is 0 Å². The summed E-state index contributed by atoms with van der Waals surface area (Å²) in [6, 6.07) is 0. The van der Waals surface area contributed by atoms with E-state index in [4.69, 9.17) is 4.74 Å². The van der Waals surface area contributed by atoms with Gasteiger partial charge in [0.25, 0.3) is 4.96 Å². The first-order valence-electron chi connectivity index (χ1n) is 6.19. The molecule has 0 amide bonds. The molecule has 7 nitrogen and oxygen atoms in total. The van der Waals surface area contributed by atoms with Crippen molar-refractivity contribution in [1.82, 2.24) is 14.7 Å². The minimum atomic E-state index is -0.440. The minimum Gasteiger partial charge on any atom is -0.471 e. The normalized spacial score (nSPS) is 16.8. The van der Waals surface area contributed by atoms with Gasteiger partial charge in [-0.15, -0.1) is 0 Å². The number of nitrogens with zero attached hydrogens (tertiary/aromatic N) is 3. The molecule has 3 rings (SSSR count). The van der Waals surface area contributed by atoms with E-state index in [1.165, 1.54) is 15.7 Å². The third-order valence-corrected chi connectivity index (χ3v) is 4.05. The van der Waals surface area contributed by atoms with Crippen molar-refractivity contribution in [2.45, 2.75) is 12.8 Å². The van der Waals surface area contributed by atoms with Gasteiger partial charge in [-0.1, -0.05) is 11.3 Å². The summed E-state index contributed by atoms with van der Waals surface area (Å²) in [6.07, 6.45) is 3.72. The predicted octanol–water partition coefficient (Wildman–Crippen LogP) is 1.68. The van der Waals surface area contributed by atoms with E-state index in [1.54, 1.807) is 11.6 Å². The highest BCUT2D eigenvalue weighted by Gasteiger charge is 2.26. The fraction of sp³-hybridized carbons (Fsp3) is 0.545. The summed E-state index contributed by atoms with van der Waals surface area (Å²) in [5.41, 5.74) is 0. The van der Waals surface area contributed by atoms with Crippen LogP contribution in [-0.4, -0.2) is 34.0 Å². The molecule has 1 aliphatic rings. The topological polar surface area (TPSA) is 81.7 Å². The molecule has 2 aromatic heterocycles. The van der Waals surface area contributed by atoms with Gasteiger partial charge in [-0.05, 0) is 36.8 Å². The van der Waals surface area contributed by atoms with Crippen LogP contribution in [0, 0.1) is 16.0 Å². The molecule has 0 aromatic carbocycles. The Kier molecular flexibility index (Phi) is 3.34. The van der Waals surface area contributed by atoms with Crippen LogP contribution in [0.4, 0.5) is 5.82 Å². The highest BCUT2D eigenvalue weighted by molar-refractivity contribution is 7.15. The third-order valence-electron chi connectivity index (χ3n) is 3.29. The van der Waals surface area contributed by atoms with Crippen molar-refractivity contribution in [1.29, 1.82) is 0 Å². The van der Waals surface area contributed by atoms with Gasteiger partial charge in [0.05, 0.1) is 6.61 Å². The molecule has 0 atom stereocenters. The molecule has 3 heterocycles. The molecule has 1 N–H and O–H groups in total. The summed E-state index contributed by atoms with van der Waals surface area (Å²) < 4.78 is 7.05. The molecule has 0 aliphatic carbocycles. The molecule has 2 aromatic rings. The van der Waals surface area contributed by atoms with E-state index >= 15 is 0 Å². The Morgan fingerprint density at radius 2 is 2.37 bits per heavy atom. The number of nitrogens with one attached hydrogen (secondary N) is 1. The van der Waals surface area contributed by atoms with Crippen molar-refractivity contribution in [2.24, 2.45) is 5.92 Å². The molecule has 19 heavy (non-hydrogen) atoms. The van der Waals surface area contributed by atoms with Gasteiger partial charge in [0.15, 0.2) is 0 Å². The maximum atomic E-state index is 11.1. The quantitative estimate of drug-likeness (QED) is 0.681. The first-order chi connectivity index (χ1) is 9.25. The van der Waals surface area contributed by atoms with E-state index in [0.717, 1.165) is 25.9 Å². The van der Waals surface area contributed by atoms with E-state index in [9.17, 15) is 10.1 Å². The van der Waals surface area contributed by atoms with E-state index < -0.39 is 4.92 Å². The molecule has 1 saturated heterocycles. The average molecular weight is 282 g/mol. The highest BCUT2D eigenvalue weighted by atomic mass is 32.1. The number of nitro groups is 1. The van der Waals surface area contributed by atoms with Crippen molar-refractivity contribution >= 4 is 22.1 Å². The summed E-state index contributed by atoms with van der Waals surface area (Å²) in [6.45, 7) is 2.45. The van der Waals surface area contributed by atoms with E-state index in [0.29, 0.717) is 17.5 Å². The first-order valence-corrected chi connectivity index (χ1v) is 7.07. The maximum absolute atomic E-state index is 11.1.